The largest absolute Gasteiger partial charge is 0.454 e. The third-order valence-electron chi connectivity index (χ3n) is 12.3. The van der Waals surface area contributed by atoms with E-state index in [0.29, 0.717) is 11.1 Å². The number of fused-ring (bicyclic) bond motifs is 5. The molecule has 0 aromatic rings. The summed E-state index contributed by atoms with van der Waals surface area (Å²) in [5.74, 6) is -1.91. The van der Waals surface area contributed by atoms with Crippen LogP contribution in [0, 0.1) is 45.3 Å². The van der Waals surface area contributed by atoms with Crippen LogP contribution in [0.2, 0.25) is 0 Å². The van der Waals surface area contributed by atoms with Gasteiger partial charge >= 0.3 is 5.97 Å². The van der Waals surface area contributed by atoms with E-state index in [2.05, 4.69) is 41.5 Å². The van der Waals surface area contributed by atoms with E-state index in [4.69, 9.17) is 19.9 Å². The van der Waals surface area contributed by atoms with Crippen molar-refractivity contribution in [2.45, 2.75) is 105 Å². The molecule has 8 atom stereocenters. The molecule has 2 bridgehead atoms. The zero-order valence-corrected chi connectivity index (χ0v) is 24.6. The molecular weight excluding hydrogens is 482 g/mol. The van der Waals surface area contributed by atoms with Gasteiger partial charge in [-0.3, -0.25) is 9.59 Å². The lowest BCUT2D eigenvalue weighted by atomic mass is 9.58. The van der Waals surface area contributed by atoms with Crippen LogP contribution in [0.5, 0.6) is 0 Å². The highest BCUT2D eigenvalue weighted by atomic mass is 16.7. The Morgan fingerprint density at radius 2 is 1.68 bits per heavy atom. The first-order valence-corrected chi connectivity index (χ1v) is 14.2. The van der Waals surface area contributed by atoms with Crippen molar-refractivity contribution in [1.82, 2.24) is 0 Å². The molecule has 7 heteroatoms. The van der Waals surface area contributed by atoms with E-state index in [1.54, 1.807) is 13.8 Å². The van der Waals surface area contributed by atoms with Crippen LogP contribution < -0.4 is 5.73 Å². The van der Waals surface area contributed by atoms with Crippen LogP contribution in [0.15, 0.2) is 23.3 Å². The van der Waals surface area contributed by atoms with Crippen molar-refractivity contribution < 1.29 is 28.9 Å². The van der Waals surface area contributed by atoms with Gasteiger partial charge in [0.25, 0.3) is 0 Å². The van der Waals surface area contributed by atoms with Gasteiger partial charge in [-0.15, -0.1) is 0 Å². The normalized spacial score (nSPS) is 48.8. The van der Waals surface area contributed by atoms with Crippen molar-refractivity contribution in [3.8, 4) is 0 Å². The molecule has 0 radical (unpaired) electrons. The number of ketones is 1. The van der Waals surface area contributed by atoms with Gasteiger partial charge in [0.2, 0.25) is 0 Å². The van der Waals surface area contributed by atoms with Crippen molar-refractivity contribution in [1.29, 1.82) is 0 Å². The molecule has 4 fully saturated rings. The highest BCUT2D eigenvalue weighted by Crippen LogP contribution is 2.73. The molecule has 38 heavy (non-hydrogen) atoms. The molecule has 3 saturated carbocycles. The molecular formula is C31H45NO6. The van der Waals surface area contributed by atoms with Crippen molar-refractivity contribution in [3.05, 3.63) is 23.3 Å². The third kappa shape index (κ3) is 2.80. The number of nitrogens with two attached hydrogens (primary N) is 1. The van der Waals surface area contributed by atoms with Gasteiger partial charge in [-0.05, 0) is 72.3 Å². The smallest absolute Gasteiger partial charge is 0.310 e. The maximum atomic E-state index is 14.9. The summed E-state index contributed by atoms with van der Waals surface area (Å²) in [5, 5.41) is 13.1. The molecule has 7 nitrogen and oxygen atoms in total. The molecule has 210 valence electrons. The van der Waals surface area contributed by atoms with E-state index in [0.717, 1.165) is 6.42 Å². The summed E-state index contributed by atoms with van der Waals surface area (Å²) in [6.07, 6.45) is 2.50. The predicted molar refractivity (Wildman–Crippen MR) is 142 cm³/mol. The fourth-order valence-corrected chi connectivity index (χ4v) is 9.51. The molecule has 5 unspecified atom stereocenters. The molecule has 1 saturated heterocycles. The van der Waals surface area contributed by atoms with Crippen LogP contribution in [0.1, 0.15) is 75.7 Å². The van der Waals surface area contributed by atoms with Crippen LogP contribution in [0.3, 0.4) is 0 Å². The maximum Gasteiger partial charge on any atom is 0.310 e. The van der Waals surface area contributed by atoms with Gasteiger partial charge in [0.1, 0.15) is 6.10 Å². The SMILES string of the molecule is CC1=CC23C(=O)C(N)(C=C4COC(C)(C)OC4C2(O)C1OC(=O)C1C(C)(C)C1(C)C)[C@H]1[C@@H](C[C@H]3C)C1(C)C. The lowest BCUT2D eigenvalue weighted by molar-refractivity contribution is -0.304. The zero-order chi connectivity index (χ0) is 28.2. The van der Waals surface area contributed by atoms with Crippen LogP contribution in [-0.2, 0) is 23.8 Å². The summed E-state index contributed by atoms with van der Waals surface area (Å²) in [5.41, 5.74) is 3.44. The second-order valence-corrected chi connectivity index (χ2v) is 15.5. The van der Waals surface area contributed by atoms with Gasteiger partial charge in [0.05, 0.1) is 23.5 Å². The average Bonchev–Trinajstić information content (AvgIpc) is 3.45. The minimum Gasteiger partial charge on any atom is -0.454 e. The summed E-state index contributed by atoms with van der Waals surface area (Å²) in [4.78, 5) is 28.6. The summed E-state index contributed by atoms with van der Waals surface area (Å²) in [6.45, 7) is 20.3. The van der Waals surface area contributed by atoms with Crippen molar-refractivity contribution in [2.24, 2.45) is 51.1 Å². The minimum atomic E-state index is -1.86. The van der Waals surface area contributed by atoms with E-state index < -0.39 is 34.6 Å². The van der Waals surface area contributed by atoms with E-state index in [9.17, 15) is 14.7 Å². The lowest BCUT2D eigenvalue weighted by Crippen LogP contribution is -2.70. The predicted octanol–water partition coefficient (Wildman–Crippen LogP) is 3.93. The summed E-state index contributed by atoms with van der Waals surface area (Å²) in [6, 6.07) is 0. The summed E-state index contributed by atoms with van der Waals surface area (Å²) >= 11 is 0. The number of hydrogen-bond acceptors (Lipinski definition) is 7. The summed E-state index contributed by atoms with van der Waals surface area (Å²) < 4.78 is 18.8. The Morgan fingerprint density at radius 3 is 2.26 bits per heavy atom. The number of Topliss-reactive ketones (excluding diaryl/α,β-unsaturated/α-hetero) is 1. The molecule has 1 heterocycles. The Morgan fingerprint density at radius 1 is 1.08 bits per heavy atom. The van der Waals surface area contributed by atoms with E-state index in [-0.39, 0.29) is 58.3 Å². The number of carbonyl (C=O) groups excluding carboxylic acids is 2. The van der Waals surface area contributed by atoms with Gasteiger partial charge in [-0.1, -0.05) is 60.6 Å². The number of ether oxygens (including phenoxy) is 3. The molecule has 6 rings (SSSR count). The Hall–Kier alpha value is -1.54. The van der Waals surface area contributed by atoms with Crippen LogP contribution in [-0.4, -0.2) is 52.6 Å². The number of carbonyl (C=O) groups is 2. The average molecular weight is 528 g/mol. The highest BCUT2D eigenvalue weighted by molar-refractivity contribution is 6.01. The van der Waals surface area contributed by atoms with Gasteiger partial charge in [-0.25, -0.2) is 0 Å². The Labute approximate surface area is 226 Å². The van der Waals surface area contributed by atoms with Crippen molar-refractivity contribution in [2.75, 3.05) is 6.61 Å². The Kier molecular flexibility index (Phi) is 4.93. The van der Waals surface area contributed by atoms with Crippen molar-refractivity contribution in [3.63, 3.8) is 0 Å². The molecule has 0 aromatic carbocycles. The molecule has 6 aliphatic rings. The zero-order valence-electron chi connectivity index (χ0n) is 24.6. The molecule has 1 aliphatic heterocycles. The molecule has 3 N–H and O–H groups in total. The molecule has 0 aromatic heterocycles. The van der Waals surface area contributed by atoms with Gasteiger partial charge in [0.15, 0.2) is 23.3 Å². The van der Waals surface area contributed by atoms with Gasteiger partial charge in [-0.2, -0.15) is 0 Å². The van der Waals surface area contributed by atoms with E-state index in [1.165, 1.54) is 0 Å². The second kappa shape index (κ2) is 7.02. The standard InChI is InChI=1S/C31H45NO6/c1-15-12-29-16(2)11-18-19(25(18,3)4)30(32,24(29)34)13-17-14-36-28(9,10)38-22(17)31(29,35)21(15)37-23(33)20-26(5,6)27(20,7)8/h12-13,16,18-22,35H,11,14,32H2,1-10H3/t16-,18-,19+,21?,22?,29?,30?,31?/m1/s1. The number of aliphatic hydroxyl groups is 1. The fourth-order valence-electron chi connectivity index (χ4n) is 9.51. The first-order chi connectivity index (χ1) is 17.2. The Balaban J connectivity index is 1.53. The fraction of sp³-hybridized carbons (Fsp3) is 0.806. The minimum absolute atomic E-state index is 0.0573. The van der Waals surface area contributed by atoms with Crippen LogP contribution in [0.4, 0.5) is 0 Å². The first kappa shape index (κ1) is 26.7. The quantitative estimate of drug-likeness (QED) is 0.414. The van der Waals surface area contributed by atoms with E-state index >= 15 is 0 Å². The van der Waals surface area contributed by atoms with Gasteiger partial charge in [0, 0.05) is 0 Å². The maximum absolute atomic E-state index is 14.9. The monoisotopic (exact) mass is 527 g/mol. The Bertz CT molecular complexity index is 1200. The lowest BCUT2D eigenvalue weighted by Gasteiger charge is -2.53. The molecule has 0 amide bonds. The van der Waals surface area contributed by atoms with E-state index in [1.807, 2.05) is 26.0 Å². The number of hydrogen-bond donors (Lipinski definition) is 2. The molecule has 5 aliphatic carbocycles. The highest BCUT2D eigenvalue weighted by Gasteiger charge is 2.81. The van der Waals surface area contributed by atoms with Crippen molar-refractivity contribution >= 4 is 11.8 Å². The summed E-state index contributed by atoms with van der Waals surface area (Å²) in [7, 11) is 0. The van der Waals surface area contributed by atoms with Crippen LogP contribution in [0.25, 0.3) is 0 Å². The van der Waals surface area contributed by atoms with Gasteiger partial charge < -0.3 is 25.1 Å². The second-order valence-electron chi connectivity index (χ2n) is 15.5. The topological polar surface area (TPSA) is 108 Å². The first-order valence-electron chi connectivity index (χ1n) is 14.2. The number of rotatable bonds is 2. The number of esters is 1. The molecule has 1 spiro atoms. The van der Waals surface area contributed by atoms with Crippen LogP contribution >= 0.6 is 0 Å². The third-order valence-corrected chi connectivity index (χ3v) is 12.3.